The van der Waals surface area contributed by atoms with Gasteiger partial charge in [0.1, 0.15) is 29.5 Å². The Bertz CT molecular complexity index is 720. The molecule has 1 unspecified atom stereocenters. The van der Waals surface area contributed by atoms with Gasteiger partial charge in [0.25, 0.3) is 0 Å². The van der Waals surface area contributed by atoms with Crippen molar-refractivity contribution in [2.24, 2.45) is 5.73 Å². The van der Waals surface area contributed by atoms with E-state index in [1.54, 1.807) is 25.3 Å². The number of carbonyl (C=O) groups excluding carboxylic acids is 2. The van der Waals surface area contributed by atoms with Crippen LogP contribution in [0.4, 0.5) is 0 Å². The number of allylic oxidation sites excluding steroid dienone is 1. The van der Waals surface area contributed by atoms with E-state index in [1.807, 2.05) is 12.1 Å². The molecular formula is C17H19ClN2O4S. The van der Waals surface area contributed by atoms with Gasteiger partial charge in [0.15, 0.2) is 0 Å². The van der Waals surface area contributed by atoms with E-state index in [4.69, 9.17) is 15.2 Å². The molecule has 0 aliphatic carbocycles. The minimum atomic E-state index is -0.564. The number of benzene rings is 1. The number of methoxy groups -OCH3 is 1. The van der Waals surface area contributed by atoms with Crippen LogP contribution < -0.4 is 10.5 Å². The number of ether oxygens (including phenoxy) is 2. The average Bonchev–Trinajstić information content (AvgIpc) is 2.64. The largest absolute Gasteiger partial charge is 0.497 e. The summed E-state index contributed by atoms with van der Waals surface area (Å²) in [6, 6.07) is 6.66. The number of esters is 1. The maximum atomic E-state index is 12.5. The predicted molar refractivity (Wildman–Crippen MR) is 98.3 cm³/mol. The molecule has 1 fully saturated rings. The molecule has 2 heterocycles. The van der Waals surface area contributed by atoms with E-state index in [0.717, 1.165) is 11.3 Å². The first-order chi connectivity index (χ1) is 11.6. The Labute approximate surface area is 156 Å². The number of halogens is 1. The number of hydrogen-bond donors (Lipinski definition) is 1. The van der Waals surface area contributed by atoms with E-state index in [2.05, 4.69) is 6.58 Å². The highest BCUT2D eigenvalue weighted by Gasteiger charge is 2.51. The number of amides is 1. The summed E-state index contributed by atoms with van der Waals surface area (Å²) in [6.45, 7) is 3.83. The van der Waals surface area contributed by atoms with Gasteiger partial charge >= 0.3 is 5.97 Å². The fourth-order valence-corrected chi connectivity index (χ4v) is 3.91. The molecule has 25 heavy (non-hydrogen) atoms. The first-order valence-electron chi connectivity index (χ1n) is 7.42. The molecule has 0 bridgehead atoms. The number of thioether (sulfide) groups is 1. The van der Waals surface area contributed by atoms with Crippen LogP contribution in [0, 0.1) is 0 Å². The van der Waals surface area contributed by atoms with Crippen LogP contribution in [0.1, 0.15) is 5.56 Å². The molecule has 1 saturated heterocycles. The highest BCUT2D eigenvalue weighted by molar-refractivity contribution is 8.00. The van der Waals surface area contributed by atoms with Gasteiger partial charge in [-0.25, -0.2) is 4.79 Å². The van der Waals surface area contributed by atoms with Gasteiger partial charge in [-0.2, -0.15) is 0 Å². The first kappa shape index (κ1) is 19.4. The van der Waals surface area contributed by atoms with Crippen LogP contribution in [0.5, 0.6) is 5.75 Å². The van der Waals surface area contributed by atoms with Gasteiger partial charge in [-0.3, -0.25) is 9.69 Å². The van der Waals surface area contributed by atoms with Crippen molar-refractivity contribution < 1.29 is 19.1 Å². The number of nitrogens with zero attached hydrogens (tertiary/aromatic N) is 1. The molecule has 3 rings (SSSR count). The van der Waals surface area contributed by atoms with E-state index in [9.17, 15) is 9.59 Å². The third-order valence-corrected chi connectivity index (χ3v) is 5.33. The standard InChI is InChI=1S/C17H18N2O4S.ClH/c1-3-11-9-24-16-13(18)15(20)19(16)14(11)17(21)23-8-10-4-6-12(22-2)7-5-10;/h3-7,13,16H,1,8-9,18H2,2H3;1H/t13?,16-;/m1./s1. The van der Waals surface area contributed by atoms with Crippen LogP contribution in [-0.4, -0.2) is 41.1 Å². The molecule has 134 valence electrons. The lowest BCUT2D eigenvalue weighted by atomic mass is 10.0. The number of β-lactam (4-membered cyclic amide) rings is 1. The van der Waals surface area contributed by atoms with Crippen LogP contribution >= 0.6 is 24.2 Å². The molecule has 1 aromatic carbocycles. The third-order valence-electron chi connectivity index (χ3n) is 4.01. The van der Waals surface area contributed by atoms with Crippen molar-refractivity contribution in [1.82, 2.24) is 4.90 Å². The van der Waals surface area contributed by atoms with Crippen LogP contribution in [0.25, 0.3) is 0 Å². The van der Waals surface area contributed by atoms with E-state index in [1.165, 1.54) is 16.7 Å². The first-order valence-corrected chi connectivity index (χ1v) is 8.47. The molecule has 1 aromatic rings. The predicted octanol–water partition coefficient (Wildman–Crippen LogP) is 1.84. The smallest absolute Gasteiger partial charge is 0.355 e. The Kier molecular flexibility index (Phi) is 6.16. The molecule has 0 aromatic heterocycles. The van der Waals surface area contributed by atoms with Crippen LogP contribution in [0.3, 0.4) is 0 Å². The van der Waals surface area contributed by atoms with E-state index >= 15 is 0 Å². The Morgan fingerprint density at radius 1 is 1.44 bits per heavy atom. The number of hydrogen-bond acceptors (Lipinski definition) is 6. The van der Waals surface area contributed by atoms with Gasteiger partial charge in [0.2, 0.25) is 5.91 Å². The maximum absolute atomic E-state index is 12.5. The SMILES string of the molecule is C=CC1=C(C(=O)OCc2ccc(OC)cc2)N2C(=O)C(N)[C@H]2SC1.Cl. The second-order valence-electron chi connectivity index (χ2n) is 5.44. The van der Waals surface area contributed by atoms with Crippen LogP contribution in [0.15, 0.2) is 48.2 Å². The third kappa shape index (κ3) is 3.53. The molecule has 0 spiro atoms. The van der Waals surface area contributed by atoms with Gasteiger partial charge in [0.05, 0.1) is 7.11 Å². The fourth-order valence-electron chi connectivity index (χ4n) is 2.62. The molecule has 0 radical (unpaired) electrons. The number of carbonyl (C=O) groups is 2. The summed E-state index contributed by atoms with van der Waals surface area (Å²) in [7, 11) is 1.59. The summed E-state index contributed by atoms with van der Waals surface area (Å²) in [4.78, 5) is 25.9. The van der Waals surface area contributed by atoms with Crippen molar-refractivity contribution >= 4 is 36.0 Å². The highest BCUT2D eigenvalue weighted by Crippen LogP contribution is 2.40. The van der Waals surface area contributed by atoms with Crippen molar-refractivity contribution in [2.75, 3.05) is 12.9 Å². The molecule has 2 atom stereocenters. The second-order valence-corrected chi connectivity index (χ2v) is 6.54. The molecular weight excluding hydrogens is 364 g/mol. The average molecular weight is 383 g/mol. The molecule has 1 amide bonds. The van der Waals surface area contributed by atoms with Gasteiger partial charge < -0.3 is 15.2 Å². The second kappa shape index (κ2) is 7.95. The summed E-state index contributed by atoms with van der Waals surface area (Å²) in [6.07, 6.45) is 1.59. The Hall–Kier alpha value is -1.96. The number of nitrogens with two attached hydrogens (primary N) is 1. The van der Waals surface area contributed by atoms with Crippen molar-refractivity contribution in [3.63, 3.8) is 0 Å². The molecule has 2 aliphatic rings. The summed E-state index contributed by atoms with van der Waals surface area (Å²) in [5, 5.41) is -0.204. The highest BCUT2D eigenvalue weighted by atomic mass is 35.5. The topological polar surface area (TPSA) is 81.9 Å². The summed E-state index contributed by atoms with van der Waals surface area (Å²) < 4.78 is 10.5. The fraction of sp³-hybridized carbons (Fsp3) is 0.294. The molecule has 8 heteroatoms. The van der Waals surface area contributed by atoms with Crippen molar-refractivity contribution in [3.05, 3.63) is 53.8 Å². The molecule has 6 nitrogen and oxygen atoms in total. The van der Waals surface area contributed by atoms with Crippen LogP contribution in [-0.2, 0) is 20.9 Å². The van der Waals surface area contributed by atoms with Gasteiger partial charge in [-0.1, -0.05) is 24.8 Å². The van der Waals surface area contributed by atoms with Gasteiger partial charge in [-0.15, -0.1) is 24.2 Å². The number of fused-ring (bicyclic) bond motifs is 1. The number of rotatable bonds is 5. The zero-order valence-electron chi connectivity index (χ0n) is 13.6. The quantitative estimate of drug-likeness (QED) is 0.618. The zero-order valence-corrected chi connectivity index (χ0v) is 15.3. The zero-order chi connectivity index (χ0) is 17.3. The minimum Gasteiger partial charge on any atom is -0.497 e. The van der Waals surface area contributed by atoms with E-state index < -0.39 is 12.0 Å². The Balaban J connectivity index is 0.00000225. The summed E-state index contributed by atoms with van der Waals surface area (Å²) >= 11 is 1.53. The van der Waals surface area contributed by atoms with Crippen LogP contribution in [0.2, 0.25) is 0 Å². The van der Waals surface area contributed by atoms with Gasteiger partial charge in [0, 0.05) is 5.75 Å². The van der Waals surface area contributed by atoms with Crippen molar-refractivity contribution in [3.8, 4) is 5.75 Å². The molecule has 0 saturated carbocycles. The monoisotopic (exact) mass is 382 g/mol. The lowest BCUT2D eigenvalue weighted by Gasteiger charge is -2.48. The maximum Gasteiger partial charge on any atom is 0.355 e. The van der Waals surface area contributed by atoms with E-state index in [0.29, 0.717) is 11.3 Å². The van der Waals surface area contributed by atoms with Crippen molar-refractivity contribution in [1.29, 1.82) is 0 Å². The van der Waals surface area contributed by atoms with Crippen molar-refractivity contribution in [2.45, 2.75) is 18.0 Å². The summed E-state index contributed by atoms with van der Waals surface area (Å²) in [5.41, 5.74) is 7.57. The normalized spacial score (nSPS) is 21.7. The lowest BCUT2D eigenvalue weighted by molar-refractivity contribution is -0.151. The van der Waals surface area contributed by atoms with Gasteiger partial charge in [-0.05, 0) is 23.3 Å². The summed E-state index contributed by atoms with van der Waals surface area (Å²) in [5.74, 6) is 0.516. The molecule has 2 aliphatic heterocycles. The van der Waals surface area contributed by atoms with E-state index in [-0.39, 0.29) is 36.0 Å². The Morgan fingerprint density at radius 3 is 2.72 bits per heavy atom. The minimum absolute atomic E-state index is 0. The Morgan fingerprint density at radius 2 is 2.12 bits per heavy atom. The molecule has 2 N–H and O–H groups in total. The lowest BCUT2D eigenvalue weighted by Crippen LogP contribution is -2.68.